The van der Waals surface area contributed by atoms with E-state index in [0.29, 0.717) is 17.2 Å². The summed E-state index contributed by atoms with van der Waals surface area (Å²) in [4.78, 5) is 8.13. The fourth-order valence-corrected chi connectivity index (χ4v) is 13.8. The number of rotatable bonds is 6. The Morgan fingerprint density at radius 1 is 0.632 bits per heavy atom. The lowest BCUT2D eigenvalue weighted by molar-refractivity contribution is 0.739. The quantitative estimate of drug-likeness (QED) is 0.166. The highest BCUT2D eigenvalue weighted by Crippen LogP contribution is 2.64. The van der Waals surface area contributed by atoms with Crippen LogP contribution in [0.3, 0.4) is 0 Å². The molecule has 3 aliphatic carbocycles. The molecule has 0 saturated heterocycles. The second-order valence-corrected chi connectivity index (χ2v) is 19.0. The van der Waals surface area contributed by atoms with Gasteiger partial charge in [0.25, 0.3) is 0 Å². The van der Waals surface area contributed by atoms with Crippen molar-refractivity contribution in [2.24, 2.45) is 5.92 Å². The average Bonchev–Trinajstić information content (AvgIpc) is 4.02. The second-order valence-electron chi connectivity index (χ2n) is 15.7. The molecule has 3 unspecified atom stereocenters. The van der Waals surface area contributed by atoms with Crippen LogP contribution in [0.15, 0.2) is 168 Å². The Balaban J connectivity index is 0.947. The van der Waals surface area contributed by atoms with Gasteiger partial charge in [0, 0.05) is 68.4 Å². The summed E-state index contributed by atoms with van der Waals surface area (Å²) in [6.07, 6.45) is 24.8. The van der Waals surface area contributed by atoms with E-state index in [1.807, 2.05) is 22.7 Å². The van der Waals surface area contributed by atoms with Crippen molar-refractivity contribution in [3.05, 3.63) is 183 Å². The van der Waals surface area contributed by atoms with Gasteiger partial charge in [-0.25, -0.2) is 0 Å². The Hall–Kier alpha value is -5.33. The minimum absolute atomic E-state index is 0.315. The van der Waals surface area contributed by atoms with E-state index in [-0.39, 0.29) is 0 Å². The highest BCUT2D eigenvalue weighted by atomic mass is 32.2. The Morgan fingerprint density at radius 2 is 1.40 bits per heavy atom. The van der Waals surface area contributed by atoms with Gasteiger partial charge >= 0.3 is 0 Å². The monoisotopic (exact) mass is 788 g/mol. The molecule has 5 aromatic carbocycles. The summed E-state index contributed by atoms with van der Waals surface area (Å²) in [5, 5.41) is 4.54. The van der Waals surface area contributed by atoms with Crippen LogP contribution in [0.4, 0.5) is 22.7 Å². The fraction of sp³-hybridized carbons (Fsp3) is 0.154. The molecule has 3 atom stereocenters. The van der Waals surface area contributed by atoms with Crippen molar-refractivity contribution < 1.29 is 0 Å². The van der Waals surface area contributed by atoms with Crippen LogP contribution in [0.5, 0.6) is 0 Å². The molecule has 0 saturated carbocycles. The van der Waals surface area contributed by atoms with Gasteiger partial charge in [0.1, 0.15) is 0 Å². The van der Waals surface area contributed by atoms with Crippen LogP contribution in [-0.2, 0) is 0 Å². The zero-order valence-corrected chi connectivity index (χ0v) is 33.9. The summed E-state index contributed by atoms with van der Waals surface area (Å²) in [6, 6.07) is 43.6. The molecule has 0 amide bonds. The highest BCUT2D eigenvalue weighted by Gasteiger charge is 2.48. The van der Waals surface area contributed by atoms with Gasteiger partial charge in [-0.2, -0.15) is 0 Å². The van der Waals surface area contributed by atoms with Gasteiger partial charge in [-0.15, -0.1) is 34.4 Å². The van der Waals surface area contributed by atoms with E-state index in [2.05, 4.69) is 185 Å². The number of hydrogen-bond acceptors (Lipinski definition) is 5. The molecule has 5 heteroatoms. The topological polar surface area (TPSA) is 6.48 Å². The average molecular weight is 789 g/mol. The summed E-state index contributed by atoms with van der Waals surface area (Å²) >= 11 is 6.02. The van der Waals surface area contributed by atoms with Crippen LogP contribution < -0.4 is 19.6 Å². The molecule has 5 aliphatic rings. The molecular formula is C52H40N2S3. The normalized spacial score (nSPS) is 20.4. The van der Waals surface area contributed by atoms with Gasteiger partial charge < -0.3 is 9.80 Å². The smallest absolute Gasteiger partial charge is 0.0774 e. The van der Waals surface area contributed by atoms with Gasteiger partial charge in [-0.1, -0.05) is 115 Å². The zero-order chi connectivity index (χ0) is 37.5. The van der Waals surface area contributed by atoms with Crippen molar-refractivity contribution in [1.29, 1.82) is 0 Å². The van der Waals surface area contributed by atoms with Crippen molar-refractivity contribution in [1.82, 2.24) is 0 Å². The third-order valence-corrected chi connectivity index (χ3v) is 16.3. The maximum atomic E-state index is 2.70. The largest absolute Gasteiger partial charge is 0.331 e. The van der Waals surface area contributed by atoms with E-state index < -0.39 is 0 Å². The molecule has 0 spiro atoms. The van der Waals surface area contributed by atoms with E-state index >= 15 is 0 Å². The molecule has 57 heavy (non-hydrogen) atoms. The number of hydrogen-bond donors (Lipinski definition) is 0. The zero-order valence-electron chi connectivity index (χ0n) is 31.5. The Morgan fingerprint density at radius 3 is 2.25 bits per heavy atom. The first-order chi connectivity index (χ1) is 28.2. The molecule has 0 radical (unpaired) electrons. The maximum Gasteiger partial charge on any atom is 0.0774 e. The molecule has 0 bridgehead atoms. The van der Waals surface area contributed by atoms with Crippen molar-refractivity contribution in [2.75, 3.05) is 9.80 Å². The van der Waals surface area contributed by atoms with Crippen LogP contribution in [0, 0.1) is 5.92 Å². The van der Waals surface area contributed by atoms with Crippen LogP contribution in [0.2, 0.25) is 0 Å². The van der Waals surface area contributed by atoms with Crippen molar-refractivity contribution in [3.8, 4) is 11.1 Å². The Labute approximate surface area is 345 Å². The summed E-state index contributed by atoms with van der Waals surface area (Å²) in [5.41, 5.74) is 11.7. The number of thioether (sulfide) groups is 1. The van der Waals surface area contributed by atoms with Gasteiger partial charge in [-0.05, 0) is 103 Å². The molecular weight excluding hydrogens is 749 g/mol. The number of nitrogens with zero attached hydrogens (tertiary/aromatic N) is 2. The molecule has 2 aromatic heterocycles. The molecule has 7 aromatic rings. The van der Waals surface area contributed by atoms with E-state index in [0.717, 1.165) is 32.1 Å². The van der Waals surface area contributed by atoms with E-state index in [9.17, 15) is 0 Å². The number of allylic oxidation sites excluding steroid dienone is 7. The summed E-state index contributed by atoms with van der Waals surface area (Å²) in [5.74, 6) is 0.431. The molecule has 4 heterocycles. The van der Waals surface area contributed by atoms with Gasteiger partial charge in [0.2, 0.25) is 0 Å². The number of benzene rings is 5. The second kappa shape index (κ2) is 13.7. The minimum atomic E-state index is 0.315. The summed E-state index contributed by atoms with van der Waals surface area (Å²) in [6.45, 7) is 0. The number of anilines is 4. The van der Waals surface area contributed by atoms with Gasteiger partial charge in [0.15, 0.2) is 0 Å². The predicted octanol–water partition coefficient (Wildman–Crippen LogP) is 14.1. The van der Waals surface area contributed by atoms with E-state index in [4.69, 9.17) is 0 Å². The first-order valence-electron chi connectivity index (χ1n) is 20.3. The molecule has 2 nitrogen and oxygen atoms in total. The van der Waals surface area contributed by atoms with Gasteiger partial charge in [0.05, 0.1) is 17.0 Å². The third kappa shape index (κ3) is 5.58. The summed E-state index contributed by atoms with van der Waals surface area (Å²) in [7, 11) is 0. The SMILES string of the molecule is C1=CC(C2C=CC(N(c3ccc(-c4ccccc4)cc3)c3ccc4c(c3)sc3cc(N5c6c(sc7c6=CCCC=7)C6Sc7ccccc7C65)ccc34)=CC2)=CCC1. The van der Waals surface area contributed by atoms with Gasteiger partial charge in [-0.3, -0.25) is 0 Å². The first-order valence-corrected chi connectivity index (χ1v) is 22.8. The van der Waals surface area contributed by atoms with Crippen molar-refractivity contribution in [2.45, 2.75) is 48.3 Å². The molecule has 2 aliphatic heterocycles. The molecule has 0 N–H and O–H groups in total. The number of fused-ring (bicyclic) bond motifs is 10. The lowest BCUT2D eigenvalue weighted by Gasteiger charge is -2.29. The maximum absolute atomic E-state index is 2.70. The molecule has 12 rings (SSSR count). The van der Waals surface area contributed by atoms with E-state index in [1.54, 1.807) is 4.88 Å². The van der Waals surface area contributed by atoms with Crippen LogP contribution in [0.1, 0.15) is 53.8 Å². The third-order valence-electron chi connectivity index (χ3n) is 12.4. The van der Waals surface area contributed by atoms with Crippen LogP contribution >= 0.6 is 34.4 Å². The molecule has 0 fully saturated rings. The highest BCUT2D eigenvalue weighted by molar-refractivity contribution is 8.00. The lowest BCUT2D eigenvalue weighted by atomic mass is 9.88. The Kier molecular flexibility index (Phi) is 8.09. The van der Waals surface area contributed by atoms with E-state index in [1.165, 1.54) is 85.5 Å². The van der Waals surface area contributed by atoms with Crippen molar-refractivity contribution in [3.63, 3.8) is 0 Å². The summed E-state index contributed by atoms with van der Waals surface area (Å²) < 4.78 is 4.12. The standard InChI is InChI=1S/C52H40N2S3/c1-3-11-33(12-4-1)35-19-23-37(24-20-35)53(38-25-21-36(22-26-38)34-13-5-2-6-14-34)39-27-29-41-42-30-28-40(32-48(42)55-47(41)31-39)54-49-43-15-7-9-17-45(43)56-51(49)52-50(54)44-16-8-10-18-46(44)57-52/h1,3-5,7,9,11-21,23-32,36,49,51H,2,6,8,10,22H2. The first kappa shape index (κ1) is 33.8. The van der Waals surface area contributed by atoms with Crippen LogP contribution in [0.25, 0.3) is 43.5 Å². The minimum Gasteiger partial charge on any atom is -0.331 e. The fourth-order valence-electron chi connectivity index (χ4n) is 9.66. The lowest BCUT2D eigenvalue weighted by Crippen LogP contribution is -2.29. The van der Waals surface area contributed by atoms with Crippen molar-refractivity contribution >= 4 is 89.5 Å². The number of thiophene rings is 2. The van der Waals surface area contributed by atoms with Crippen LogP contribution in [-0.4, -0.2) is 0 Å². The Bertz CT molecular complexity index is 3000. The predicted molar refractivity (Wildman–Crippen MR) is 247 cm³/mol. The molecule has 276 valence electrons.